The monoisotopic (exact) mass is 320 g/mol. The molecule has 2 bridgehead atoms. The van der Waals surface area contributed by atoms with Crippen LogP contribution < -0.4 is 5.43 Å². The second kappa shape index (κ2) is 5.45. The van der Waals surface area contributed by atoms with Gasteiger partial charge in [-0.05, 0) is 55.2 Å². The van der Waals surface area contributed by atoms with Crippen molar-refractivity contribution in [3.8, 4) is 0 Å². The summed E-state index contributed by atoms with van der Waals surface area (Å²) in [5, 5.41) is 4.14. The van der Waals surface area contributed by atoms with E-state index in [1.165, 1.54) is 25.7 Å². The normalized spacial score (nSPS) is 29.0. The highest BCUT2D eigenvalue weighted by molar-refractivity contribution is 9.10. The fourth-order valence-electron chi connectivity index (χ4n) is 3.36. The third-order valence-corrected chi connectivity index (χ3v) is 4.80. The molecule has 2 fully saturated rings. The van der Waals surface area contributed by atoms with Crippen LogP contribution in [0, 0.1) is 17.8 Å². The summed E-state index contributed by atoms with van der Waals surface area (Å²) in [5.41, 5.74) is 3.25. The second-order valence-corrected chi connectivity index (χ2v) is 6.48. The van der Waals surface area contributed by atoms with Crippen molar-refractivity contribution in [2.24, 2.45) is 22.9 Å². The topological polar surface area (TPSA) is 41.5 Å². The number of hydrazone groups is 1. The molecule has 0 radical (unpaired) electrons. The zero-order valence-electron chi connectivity index (χ0n) is 10.7. The average Bonchev–Trinajstić information content (AvgIpc) is 3.01. The van der Waals surface area contributed by atoms with Gasteiger partial charge in [0.2, 0.25) is 0 Å². The first kappa shape index (κ1) is 12.9. The number of amides is 1. The molecule has 0 aliphatic heterocycles. The summed E-state index contributed by atoms with van der Waals surface area (Å²) in [4.78, 5) is 11.9. The maximum Gasteiger partial charge on any atom is 0.271 e. The Morgan fingerprint density at radius 2 is 2.26 bits per heavy atom. The number of nitrogens with one attached hydrogen (secondary N) is 1. The predicted molar refractivity (Wildman–Crippen MR) is 79.0 cm³/mol. The van der Waals surface area contributed by atoms with Crippen molar-refractivity contribution >= 4 is 28.1 Å². The van der Waals surface area contributed by atoms with E-state index in [9.17, 15) is 4.79 Å². The van der Waals surface area contributed by atoms with Crippen LogP contribution >= 0.6 is 15.9 Å². The lowest BCUT2D eigenvalue weighted by Crippen LogP contribution is -2.20. The number of benzene rings is 1. The lowest BCUT2D eigenvalue weighted by Gasteiger charge is -2.16. The Balaban J connectivity index is 1.56. The van der Waals surface area contributed by atoms with Gasteiger partial charge in [-0.2, -0.15) is 5.10 Å². The van der Waals surface area contributed by atoms with Crippen LogP contribution in [0.25, 0.3) is 0 Å². The molecule has 3 rings (SSSR count). The zero-order chi connectivity index (χ0) is 13.2. The quantitative estimate of drug-likeness (QED) is 0.671. The SMILES string of the molecule is O=C(N/N=C/[C@@H]1C[C@H]2CC[C@H]1C2)c1cccc(Br)c1. The van der Waals surface area contributed by atoms with Crippen LogP contribution in [0.5, 0.6) is 0 Å². The minimum Gasteiger partial charge on any atom is -0.267 e. The first-order valence-electron chi connectivity index (χ1n) is 6.81. The number of nitrogens with zero attached hydrogens (tertiary/aromatic N) is 1. The van der Waals surface area contributed by atoms with E-state index in [1.807, 2.05) is 18.3 Å². The largest absolute Gasteiger partial charge is 0.271 e. The molecule has 1 N–H and O–H groups in total. The zero-order valence-corrected chi connectivity index (χ0v) is 12.3. The molecule has 1 amide bonds. The van der Waals surface area contributed by atoms with E-state index in [2.05, 4.69) is 26.5 Å². The standard InChI is InChI=1S/C15H17BrN2O/c16-14-3-1-2-12(8-14)15(19)18-17-9-13-7-10-4-5-11(13)6-10/h1-3,8-11,13H,4-7H2,(H,18,19)/b17-9+/t10-,11-,13-/m0/s1. The molecule has 1 aromatic carbocycles. The van der Waals surface area contributed by atoms with Gasteiger partial charge in [-0.15, -0.1) is 0 Å². The molecule has 3 atom stereocenters. The summed E-state index contributed by atoms with van der Waals surface area (Å²) in [5.74, 6) is 2.13. The van der Waals surface area contributed by atoms with E-state index >= 15 is 0 Å². The molecule has 100 valence electrons. The van der Waals surface area contributed by atoms with E-state index in [0.29, 0.717) is 11.5 Å². The number of fused-ring (bicyclic) bond motifs is 2. The summed E-state index contributed by atoms with van der Waals surface area (Å²) in [7, 11) is 0. The molecule has 0 spiro atoms. The highest BCUT2D eigenvalue weighted by Gasteiger charge is 2.38. The van der Waals surface area contributed by atoms with Gasteiger partial charge >= 0.3 is 0 Å². The fourth-order valence-corrected chi connectivity index (χ4v) is 3.76. The smallest absolute Gasteiger partial charge is 0.267 e. The number of carbonyl (C=O) groups is 1. The molecule has 4 heteroatoms. The molecule has 3 nitrogen and oxygen atoms in total. The first-order chi connectivity index (χ1) is 9.22. The van der Waals surface area contributed by atoms with Gasteiger partial charge in [0, 0.05) is 16.3 Å². The van der Waals surface area contributed by atoms with Gasteiger partial charge in [0.15, 0.2) is 0 Å². The number of halogens is 1. The lowest BCUT2D eigenvalue weighted by molar-refractivity contribution is 0.0954. The van der Waals surface area contributed by atoms with E-state index in [4.69, 9.17) is 0 Å². The number of rotatable bonds is 3. The molecular weight excluding hydrogens is 304 g/mol. The summed E-state index contributed by atoms with van der Waals surface area (Å²) in [6.07, 6.45) is 7.28. The maximum absolute atomic E-state index is 11.9. The van der Waals surface area contributed by atoms with Crippen molar-refractivity contribution < 1.29 is 4.79 Å². The van der Waals surface area contributed by atoms with Gasteiger partial charge in [0.25, 0.3) is 5.91 Å². The highest BCUT2D eigenvalue weighted by atomic mass is 79.9. The summed E-state index contributed by atoms with van der Waals surface area (Å²) < 4.78 is 0.900. The van der Waals surface area contributed by atoms with Crippen molar-refractivity contribution in [2.45, 2.75) is 25.7 Å². The fraction of sp³-hybridized carbons (Fsp3) is 0.467. The van der Waals surface area contributed by atoms with Crippen LogP contribution in [-0.4, -0.2) is 12.1 Å². The van der Waals surface area contributed by atoms with Crippen LogP contribution in [0.2, 0.25) is 0 Å². The Morgan fingerprint density at radius 1 is 1.37 bits per heavy atom. The molecule has 0 heterocycles. The van der Waals surface area contributed by atoms with Crippen molar-refractivity contribution in [3.63, 3.8) is 0 Å². The molecule has 0 aromatic heterocycles. The summed E-state index contributed by atoms with van der Waals surface area (Å²) in [6, 6.07) is 7.32. The maximum atomic E-state index is 11.9. The molecule has 2 aliphatic carbocycles. The van der Waals surface area contributed by atoms with Crippen LogP contribution in [0.15, 0.2) is 33.8 Å². The van der Waals surface area contributed by atoms with Crippen molar-refractivity contribution in [1.29, 1.82) is 0 Å². The van der Waals surface area contributed by atoms with Crippen molar-refractivity contribution in [3.05, 3.63) is 34.3 Å². The Kier molecular flexibility index (Phi) is 3.69. The van der Waals surface area contributed by atoms with Gasteiger partial charge in [-0.3, -0.25) is 4.79 Å². The Morgan fingerprint density at radius 3 is 2.95 bits per heavy atom. The Bertz CT molecular complexity index is 515. The van der Waals surface area contributed by atoms with Gasteiger partial charge in [-0.25, -0.2) is 5.43 Å². The summed E-state index contributed by atoms with van der Waals surface area (Å²) in [6.45, 7) is 0. The minimum atomic E-state index is -0.152. The third-order valence-electron chi connectivity index (χ3n) is 4.31. The van der Waals surface area contributed by atoms with Gasteiger partial charge in [0.1, 0.15) is 0 Å². The van der Waals surface area contributed by atoms with E-state index < -0.39 is 0 Å². The molecule has 0 saturated heterocycles. The van der Waals surface area contributed by atoms with Crippen molar-refractivity contribution in [2.75, 3.05) is 0 Å². The van der Waals surface area contributed by atoms with E-state index in [0.717, 1.165) is 16.3 Å². The van der Waals surface area contributed by atoms with Crippen LogP contribution in [0.3, 0.4) is 0 Å². The lowest BCUT2D eigenvalue weighted by atomic mass is 9.90. The van der Waals surface area contributed by atoms with E-state index in [1.54, 1.807) is 12.1 Å². The molecule has 2 saturated carbocycles. The Labute approximate surface area is 121 Å². The predicted octanol–water partition coefficient (Wildman–Crippen LogP) is 3.60. The number of hydrogen-bond acceptors (Lipinski definition) is 2. The molecule has 1 aromatic rings. The van der Waals surface area contributed by atoms with Gasteiger partial charge in [-0.1, -0.05) is 28.4 Å². The summed E-state index contributed by atoms with van der Waals surface area (Å²) >= 11 is 3.36. The molecular formula is C15H17BrN2O. The number of carbonyl (C=O) groups excluding carboxylic acids is 1. The third kappa shape index (κ3) is 2.89. The van der Waals surface area contributed by atoms with Crippen LogP contribution in [-0.2, 0) is 0 Å². The Hall–Kier alpha value is -1.16. The van der Waals surface area contributed by atoms with Crippen LogP contribution in [0.1, 0.15) is 36.0 Å². The molecule has 19 heavy (non-hydrogen) atoms. The molecule has 2 aliphatic rings. The van der Waals surface area contributed by atoms with Crippen molar-refractivity contribution in [1.82, 2.24) is 5.43 Å². The van der Waals surface area contributed by atoms with Crippen LogP contribution in [0.4, 0.5) is 0 Å². The molecule has 0 unspecified atom stereocenters. The first-order valence-corrected chi connectivity index (χ1v) is 7.61. The van der Waals surface area contributed by atoms with Gasteiger partial charge in [0.05, 0.1) is 0 Å². The number of hydrogen-bond donors (Lipinski definition) is 1. The second-order valence-electron chi connectivity index (χ2n) is 5.57. The average molecular weight is 321 g/mol. The minimum absolute atomic E-state index is 0.152. The van der Waals surface area contributed by atoms with E-state index in [-0.39, 0.29) is 5.91 Å². The van der Waals surface area contributed by atoms with Gasteiger partial charge < -0.3 is 0 Å². The highest BCUT2D eigenvalue weighted by Crippen LogP contribution is 2.47.